The van der Waals surface area contributed by atoms with Crippen LogP contribution in [0.25, 0.3) is 0 Å². The molecule has 2 atom stereocenters. The molecule has 0 amide bonds. The Hall–Kier alpha value is -1.23. The summed E-state index contributed by atoms with van der Waals surface area (Å²) in [6.45, 7) is 7.35. The average molecular weight is 180 g/mol. The molecule has 0 aliphatic heterocycles. The van der Waals surface area contributed by atoms with Crippen LogP contribution in [0.5, 0.6) is 0 Å². The van der Waals surface area contributed by atoms with Crippen LogP contribution >= 0.6 is 0 Å². The highest BCUT2D eigenvalue weighted by molar-refractivity contribution is 5.74. The monoisotopic (exact) mass is 180 g/mol. The summed E-state index contributed by atoms with van der Waals surface area (Å²) in [6.07, 6.45) is 7.70. The topological polar surface area (TPSA) is 26.3 Å². The second-order valence-electron chi connectivity index (χ2n) is 2.75. The first kappa shape index (κ1) is 11.8. The summed E-state index contributed by atoms with van der Waals surface area (Å²) in [4.78, 5) is 11.3. The Bertz CT molecular complexity index is 213. The van der Waals surface area contributed by atoms with E-state index >= 15 is 0 Å². The van der Waals surface area contributed by atoms with E-state index in [1.165, 1.54) is 0 Å². The molecule has 0 spiro atoms. The number of esters is 1. The summed E-state index contributed by atoms with van der Waals surface area (Å²) in [5.74, 6) is 1.90. The normalized spacial score (nSPS) is 13.9. The van der Waals surface area contributed by atoms with E-state index in [2.05, 4.69) is 12.5 Å². The highest BCUT2D eigenvalue weighted by Crippen LogP contribution is 2.08. The molecule has 0 aromatic rings. The van der Waals surface area contributed by atoms with Crippen LogP contribution in [-0.2, 0) is 9.53 Å². The lowest BCUT2D eigenvalue weighted by molar-refractivity contribution is -0.149. The maximum atomic E-state index is 11.3. The number of carbonyl (C=O) groups is 1. The fourth-order valence-electron chi connectivity index (χ4n) is 0.892. The molecule has 0 aliphatic rings. The van der Waals surface area contributed by atoms with Crippen molar-refractivity contribution < 1.29 is 9.53 Å². The van der Waals surface area contributed by atoms with Crippen LogP contribution in [0.3, 0.4) is 0 Å². The SMILES string of the molecule is C#CC(CC)OC(=O)C(C=C)CC. The average Bonchev–Trinajstić information content (AvgIpc) is 2.16. The zero-order valence-corrected chi connectivity index (χ0v) is 8.25. The molecule has 0 aliphatic carbocycles. The predicted molar refractivity (Wildman–Crippen MR) is 53.0 cm³/mol. The van der Waals surface area contributed by atoms with Crippen molar-refractivity contribution in [3.8, 4) is 12.3 Å². The van der Waals surface area contributed by atoms with E-state index in [9.17, 15) is 4.79 Å². The van der Waals surface area contributed by atoms with Gasteiger partial charge in [-0.3, -0.25) is 4.79 Å². The van der Waals surface area contributed by atoms with Crippen molar-refractivity contribution in [1.82, 2.24) is 0 Å². The van der Waals surface area contributed by atoms with E-state index in [1.807, 2.05) is 13.8 Å². The van der Waals surface area contributed by atoms with Gasteiger partial charge in [0.15, 0.2) is 6.10 Å². The van der Waals surface area contributed by atoms with Crippen molar-refractivity contribution in [2.24, 2.45) is 5.92 Å². The number of terminal acetylenes is 1. The fraction of sp³-hybridized carbons (Fsp3) is 0.545. The lowest BCUT2D eigenvalue weighted by Crippen LogP contribution is -2.21. The van der Waals surface area contributed by atoms with E-state index in [4.69, 9.17) is 11.2 Å². The van der Waals surface area contributed by atoms with E-state index < -0.39 is 6.10 Å². The summed E-state index contributed by atoms with van der Waals surface area (Å²) in [5, 5.41) is 0. The van der Waals surface area contributed by atoms with Gasteiger partial charge >= 0.3 is 5.97 Å². The number of hydrogen-bond donors (Lipinski definition) is 0. The van der Waals surface area contributed by atoms with Gasteiger partial charge < -0.3 is 4.74 Å². The molecule has 2 heteroatoms. The Labute approximate surface area is 80.0 Å². The molecule has 0 bridgehead atoms. The number of ether oxygens (including phenoxy) is 1. The molecule has 0 rings (SSSR count). The third-order valence-corrected chi connectivity index (χ3v) is 1.84. The van der Waals surface area contributed by atoms with E-state index in [1.54, 1.807) is 6.08 Å². The van der Waals surface area contributed by atoms with Gasteiger partial charge in [0, 0.05) is 0 Å². The summed E-state index contributed by atoms with van der Waals surface area (Å²) < 4.78 is 5.05. The zero-order chi connectivity index (χ0) is 10.3. The summed E-state index contributed by atoms with van der Waals surface area (Å²) in [7, 11) is 0. The van der Waals surface area contributed by atoms with Crippen molar-refractivity contribution in [3.63, 3.8) is 0 Å². The molecule has 72 valence electrons. The van der Waals surface area contributed by atoms with Gasteiger partial charge in [-0.2, -0.15) is 0 Å². The third kappa shape index (κ3) is 3.80. The number of rotatable bonds is 5. The highest BCUT2D eigenvalue weighted by atomic mass is 16.5. The lowest BCUT2D eigenvalue weighted by Gasteiger charge is -2.13. The summed E-state index contributed by atoms with van der Waals surface area (Å²) in [5.41, 5.74) is 0. The minimum absolute atomic E-state index is 0.234. The molecule has 0 aromatic heterocycles. The molecule has 2 nitrogen and oxygen atoms in total. The smallest absolute Gasteiger partial charge is 0.314 e. The van der Waals surface area contributed by atoms with Crippen molar-refractivity contribution >= 4 is 5.97 Å². The Morgan fingerprint density at radius 3 is 2.54 bits per heavy atom. The molecule has 0 saturated heterocycles. The van der Waals surface area contributed by atoms with Crippen LogP contribution in [0, 0.1) is 18.3 Å². The van der Waals surface area contributed by atoms with Gasteiger partial charge in [-0.05, 0) is 12.8 Å². The molecule has 0 saturated carbocycles. The third-order valence-electron chi connectivity index (χ3n) is 1.84. The quantitative estimate of drug-likeness (QED) is 0.368. The van der Waals surface area contributed by atoms with Gasteiger partial charge in [0.2, 0.25) is 0 Å². The molecule has 0 aromatic carbocycles. The summed E-state index contributed by atoms with van der Waals surface area (Å²) in [6, 6.07) is 0. The minimum atomic E-state index is -0.401. The second-order valence-corrected chi connectivity index (χ2v) is 2.75. The summed E-state index contributed by atoms with van der Waals surface area (Å²) >= 11 is 0. The van der Waals surface area contributed by atoms with Gasteiger partial charge in [-0.25, -0.2) is 0 Å². The van der Waals surface area contributed by atoms with Crippen LogP contribution in [0.4, 0.5) is 0 Å². The van der Waals surface area contributed by atoms with Crippen LogP contribution < -0.4 is 0 Å². The van der Waals surface area contributed by atoms with Gasteiger partial charge in [-0.1, -0.05) is 25.8 Å². The Balaban J connectivity index is 4.13. The van der Waals surface area contributed by atoms with Crippen LogP contribution in [0.2, 0.25) is 0 Å². The largest absolute Gasteiger partial charge is 0.449 e. The van der Waals surface area contributed by atoms with Crippen molar-refractivity contribution in [3.05, 3.63) is 12.7 Å². The van der Waals surface area contributed by atoms with E-state index in [0.717, 1.165) is 0 Å². The maximum absolute atomic E-state index is 11.3. The standard InChI is InChI=1S/C11H16O2/c1-5-9(6-2)11(12)13-10(7-3)8-4/h3,5,9-10H,1,6,8H2,2,4H3. The van der Waals surface area contributed by atoms with Crippen LogP contribution in [0.15, 0.2) is 12.7 Å². The molecule has 2 unspecified atom stereocenters. The number of hydrogen-bond acceptors (Lipinski definition) is 2. The minimum Gasteiger partial charge on any atom is -0.449 e. The van der Waals surface area contributed by atoms with Crippen molar-refractivity contribution in [1.29, 1.82) is 0 Å². The van der Waals surface area contributed by atoms with Crippen molar-refractivity contribution in [2.75, 3.05) is 0 Å². The first-order chi connectivity index (χ1) is 6.19. The van der Waals surface area contributed by atoms with Crippen LogP contribution in [0.1, 0.15) is 26.7 Å². The van der Waals surface area contributed by atoms with Crippen molar-refractivity contribution in [2.45, 2.75) is 32.8 Å². The first-order valence-corrected chi connectivity index (χ1v) is 4.48. The molecule has 0 N–H and O–H groups in total. The predicted octanol–water partition coefficient (Wildman–Crippen LogP) is 2.15. The van der Waals surface area contributed by atoms with Gasteiger partial charge in [-0.15, -0.1) is 13.0 Å². The molecular weight excluding hydrogens is 164 g/mol. The van der Waals surface area contributed by atoms with Gasteiger partial charge in [0.25, 0.3) is 0 Å². The Morgan fingerprint density at radius 1 is 1.62 bits per heavy atom. The Kier molecular flexibility index (Phi) is 5.71. The van der Waals surface area contributed by atoms with E-state index in [-0.39, 0.29) is 11.9 Å². The van der Waals surface area contributed by atoms with Crippen LogP contribution in [-0.4, -0.2) is 12.1 Å². The maximum Gasteiger partial charge on any atom is 0.314 e. The molecule has 0 fully saturated rings. The number of carbonyl (C=O) groups excluding carboxylic acids is 1. The van der Waals surface area contributed by atoms with E-state index in [0.29, 0.717) is 12.8 Å². The zero-order valence-electron chi connectivity index (χ0n) is 8.25. The highest BCUT2D eigenvalue weighted by Gasteiger charge is 2.16. The molecule has 0 radical (unpaired) electrons. The lowest BCUT2D eigenvalue weighted by atomic mass is 10.1. The molecule has 0 heterocycles. The Morgan fingerprint density at radius 2 is 2.23 bits per heavy atom. The fourth-order valence-corrected chi connectivity index (χ4v) is 0.892. The van der Waals surface area contributed by atoms with Gasteiger partial charge in [0.05, 0.1) is 5.92 Å². The second kappa shape index (κ2) is 6.30. The first-order valence-electron chi connectivity index (χ1n) is 4.48. The molecular formula is C11H16O2. The molecule has 13 heavy (non-hydrogen) atoms. The van der Waals surface area contributed by atoms with Gasteiger partial charge in [0.1, 0.15) is 0 Å².